The highest BCUT2D eigenvalue weighted by molar-refractivity contribution is 9.10. The largest absolute Gasteiger partial charge is 0.352 e. The molecule has 0 atom stereocenters. The first-order valence-corrected chi connectivity index (χ1v) is 7.77. The van der Waals surface area contributed by atoms with Crippen LogP contribution in [0.4, 0.5) is 0 Å². The molecule has 106 valence electrons. The lowest BCUT2D eigenvalue weighted by atomic mass is 10.1. The number of rotatable bonds is 9. The molecule has 0 spiro atoms. The van der Waals surface area contributed by atoms with Gasteiger partial charge in [-0.05, 0) is 37.6 Å². The summed E-state index contributed by atoms with van der Waals surface area (Å²) in [5.41, 5.74) is 6.15. The van der Waals surface area contributed by atoms with Crippen molar-refractivity contribution in [2.24, 2.45) is 5.73 Å². The van der Waals surface area contributed by atoms with Gasteiger partial charge in [0.2, 0.25) is 0 Å². The first-order valence-electron chi connectivity index (χ1n) is 6.98. The smallest absolute Gasteiger partial charge is 0.251 e. The summed E-state index contributed by atoms with van der Waals surface area (Å²) >= 11 is 3.36. The van der Waals surface area contributed by atoms with E-state index in [2.05, 4.69) is 21.2 Å². The van der Waals surface area contributed by atoms with Crippen molar-refractivity contribution in [2.75, 3.05) is 13.1 Å². The van der Waals surface area contributed by atoms with Gasteiger partial charge in [-0.15, -0.1) is 0 Å². The fourth-order valence-corrected chi connectivity index (χ4v) is 2.31. The summed E-state index contributed by atoms with van der Waals surface area (Å²) in [4.78, 5) is 11.8. The third-order valence-electron chi connectivity index (χ3n) is 3.00. The Labute approximate surface area is 124 Å². The van der Waals surface area contributed by atoms with Gasteiger partial charge in [-0.1, -0.05) is 47.7 Å². The molecule has 0 aliphatic carbocycles. The topological polar surface area (TPSA) is 55.1 Å². The van der Waals surface area contributed by atoms with E-state index < -0.39 is 0 Å². The second-order valence-electron chi connectivity index (χ2n) is 4.68. The minimum Gasteiger partial charge on any atom is -0.352 e. The maximum Gasteiger partial charge on any atom is 0.251 e. The van der Waals surface area contributed by atoms with Gasteiger partial charge in [-0.2, -0.15) is 0 Å². The number of hydrogen-bond acceptors (Lipinski definition) is 2. The number of carbonyl (C=O) groups is 1. The van der Waals surface area contributed by atoms with E-state index in [0.717, 1.165) is 30.4 Å². The lowest BCUT2D eigenvalue weighted by molar-refractivity contribution is 0.0953. The molecule has 0 bridgehead atoms. The Morgan fingerprint density at radius 3 is 2.47 bits per heavy atom. The average molecular weight is 327 g/mol. The van der Waals surface area contributed by atoms with Crippen LogP contribution in [0.1, 0.15) is 48.9 Å². The summed E-state index contributed by atoms with van der Waals surface area (Å²) in [6, 6.07) is 7.45. The van der Waals surface area contributed by atoms with Crippen LogP contribution in [0.2, 0.25) is 0 Å². The Balaban J connectivity index is 2.08. The summed E-state index contributed by atoms with van der Waals surface area (Å²) in [6.45, 7) is 1.55. The molecular weight excluding hydrogens is 304 g/mol. The van der Waals surface area contributed by atoms with Crippen molar-refractivity contribution in [1.29, 1.82) is 0 Å². The highest BCUT2D eigenvalue weighted by Crippen LogP contribution is 2.11. The van der Waals surface area contributed by atoms with Crippen molar-refractivity contribution in [3.8, 4) is 0 Å². The minimum atomic E-state index is 0.00410. The van der Waals surface area contributed by atoms with Crippen LogP contribution in [0.3, 0.4) is 0 Å². The number of carbonyl (C=O) groups excluding carboxylic acids is 1. The van der Waals surface area contributed by atoms with Gasteiger partial charge in [-0.3, -0.25) is 4.79 Å². The molecule has 1 aromatic carbocycles. The second kappa shape index (κ2) is 9.98. The van der Waals surface area contributed by atoms with Crippen molar-refractivity contribution in [3.05, 3.63) is 34.3 Å². The van der Waals surface area contributed by atoms with Gasteiger partial charge in [0.25, 0.3) is 5.91 Å². The van der Waals surface area contributed by atoms with Crippen LogP contribution in [-0.4, -0.2) is 19.0 Å². The molecule has 0 saturated carbocycles. The van der Waals surface area contributed by atoms with Crippen molar-refractivity contribution in [1.82, 2.24) is 5.32 Å². The fourth-order valence-electron chi connectivity index (χ4n) is 1.91. The van der Waals surface area contributed by atoms with Crippen LogP contribution in [0.5, 0.6) is 0 Å². The predicted octanol–water partition coefficient (Wildman–Crippen LogP) is 3.48. The van der Waals surface area contributed by atoms with Crippen LogP contribution in [-0.2, 0) is 0 Å². The molecule has 0 aromatic heterocycles. The lowest BCUT2D eigenvalue weighted by Gasteiger charge is -2.05. The summed E-state index contributed by atoms with van der Waals surface area (Å²) in [6.07, 6.45) is 7.04. The van der Waals surface area contributed by atoms with Crippen LogP contribution in [0.15, 0.2) is 28.7 Å². The molecule has 0 saturated heterocycles. The molecule has 1 aromatic rings. The second-order valence-corrected chi connectivity index (χ2v) is 5.59. The van der Waals surface area contributed by atoms with Gasteiger partial charge in [0, 0.05) is 16.6 Å². The van der Waals surface area contributed by atoms with Crippen molar-refractivity contribution < 1.29 is 4.79 Å². The van der Waals surface area contributed by atoms with Crippen LogP contribution < -0.4 is 11.1 Å². The minimum absolute atomic E-state index is 0.00410. The Hall–Kier alpha value is -0.870. The van der Waals surface area contributed by atoms with Gasteiger partial charge in [0.1, 0.15) is 0 Å². The highest BCUT2D eigenvalue weighted by Gasteiger charge is 2.04. The first kappa shape index (κ1) is 16.2. The van der Waals surface area contributed by atoms with Gasteiger partial charge in [-0.25, -0.2) is 0 Å². The van der Waals surface area contributed by atoms with Crippen molar-refractivity contribution >= 4 is 21.8 Å². The average Bonchev–Trinajstić information content (AvgIpc) is 2.41. The number of benzene rings is 1. The van der Waals surface area contributed by atoms with Crippen molar-refractivity contribution in [2.45, 2.75) is 38.5 Å². The summed E-state index contributed by atoms with van der Waals surface area (Å²) in [5.74, 6) is 0.00410. The zero-order valence-electron chi connectivity index (χ0n) is 11.3. The molecule has 3 N–H and O–H groups in total. The SMILES string of the molecule is NCCCCCCCCNC(=O)c1cccc(Br)c1. The highest BCUT2D eigenvalue weighted by atomic mass is 79.9. The zero-order valence-corrected chi connectivity index (χ0v) is 12.9. The number of hydrogen-bond donors (Lipinski definition) is 2. The Morgan fingerprint density at radius 1 is 1.11 bits per heavy atom. The molecule has 0 fully saturated rings. The molecular formula is C15H23BrN2O. The molecule has 19 heavy (non-hydrogen) atoms. The molecule has 0 aliphatic heterocycles. The molecule has 0 radical (unpaired) electrons. The van der Waals surface area contributed by atoms with E-state index in [1.165, 1.54) is 25.7 Å². The quantitative estimate of drug-likeness (QED) is 0.682. The van der Waals surface area contributed by atoms with E-state index in [-0.39, 0.29) is 5.91 Å². The van der Waals surface area contributed by atoms with Gasteiger partial charge < -0.3 is 11.1 Å². The van der Waals surface area contributed by atoms with Gasteiger partial charge >= 0.3 is 0 Å². The Bertz CT molecular complexity index is 382. The summed E-state index contributed by atoms with van der Waals surface area (Å²) < 4.78 is 0.931. The van der Waals surface area contributed by atoms with Crippen molar-refractivity contribution in [3.63, 3.8) is 0 Å². The van der Waals surface area contributed by atoms with Crippen LogP contribution in [0.25, 0.3) is 0 Å². The molecule has 0 unspecified atom stereocenters. The first-order chi connectivity index (χ1) is 9.24. The normalized spacial score (nSPS) is 10.4. The molecule has 0 heterocycles. The van der Waals surface area contributed by atoms with Gasteiger partial charge in [0.15, 0.2) is 0 Å². The molecule has 1 rings (SSSR count). The summed E-state index contributed by atoms with van der Waals surface area (Å²) in [7, 11) is 0. The molecule has 1 amide bonds. The van der Waals surface area contributed by atoms with Crippen LogP contribution >= 0.6 is 15.9 Å². The van der Waals surface area contributed by atoms with E-state index in [9.17, 15) is 4.79 Å². The fraction of sp³-hybridized carbons (Fsp3) is 0.533. The number of amides is 1. The number of nitrogens with two attached hydrogens (primary N) is 1. The number of halogens is 1. The Kier molecular flexibility index (Phi) is 8.50. The lowest BCUT2D eigenvalue weighted by Crippen LogP contribution is -2.24. The van der Waals surface area contributed by atoms with E-state index in [0.29, 0.717) is 5.56 Å². The number of unbranched alkanes of at least 4 members (excludes halogenated alkanes) is 5. The number of nitrogens with one attached hydrogen (secondary N) is 1. The van der Waals surface area contributed by atoms with Gasteiger partial charge in [0.05, 0.1) is 0 Å². The molecule has 0 aliphatic rings. The maximum atomic E-state index is 11.8. The van der Waals surface area contributed by atoms with E-state index in [4.69, 9.17) is 5.73 Å². The van der Waals surface area contributed by atoms with E-state index in [1.54, 1.807) is 0 Å². The van der Waals surface area contributed by atoms with E-state index in [1.807, 2.05) is 24.3 Å². The Morgan fingerprint density at radius 2 is 1.79 bits per heavy atom. The third kappa shape index (κ3) is 7.33. The molecule has 4 heteroatoms. The monoisotopic (exact) mass is 326 g/mol. The summed E-state index contributed by atoms with van der Waals surface area (Å²) in [5, 5.41) is 2.95. The standard InChI is InChI=1S/C15H23BrN2O/c16-14-9-7-8-13(12-14)15(19)18-11-6-4-2-1-3-5-10-17/h7-9,12H,1-6,10-11,17H2,(H,18,19). The van der Waals surface area contributed by atoms with Crippen LogP contribution in [0, 0.1) is 0 Å². The van der Waals surface area contributed by atoms with E-state index >= 15 is 0 Å². The predicted molar refractivity (Wildman–Crippen MR) is 83.2 cm³/mol. The zero-order chi connectivity index (χ0) is 13.9. The maximum absolute atomic E-state index is 11.8. The third-order valence-corrected chi connectivity index (χ3v) is 3.50. The molecule has 3 nitrogen and oxygen atoms in total.